The molecule has 6 aliphatic rings. The number of aldehydes is 1. The summed E-state index contributed by atoms with van der Waals surface area (Å²) in [7, 11) is 0. The Hall–Kier alpha value is -1.40. The molecule has 212 valence electrons. The summed E-state index contributed by atoms with van der Waals surface area (Å²) in [6.45, 7) is 2.22. The molecule has 2 aliphatic heterocycles. The minimum atomic E-state index is -1.42. The van der Waals surface area contributed by atoms with Crippen LogP contribution < -0.4 is 0 Å². The van der Waals surface area contributed by atoms with Crippen molar-refractivity contribution in [2.75, 3.05) is 13.2 Å². The van der Waals surface area contributed by atoms with Crippen LogP contribution in [-0.4, -0.2) is 92.9 Å². The average Bonchev–Trinajstić information content (AvgIpc) is 3.43. The van der Waals surface area contributed by atoms with Gasteiger partial charge in [0.05, 0.1) is 29.3 Å². The number of hydrogen-bond acceptors (Lipinski definition) is 10. The highest BCUT2D eigenvalue weighted by molar-refractivity contribution is 5.85. The Balaban J connectivity index is 1.22. The molecular weight excluding hydrogens is 496 g/mol. The SMILES string of the molecule is C[C@]12CC[C@H]3[C@@H](CC[C@]4(O)C[C@@H](O[C@@H]5OC[C@@H](O)[C@@H](O)[C@@H]5O)CC[C@]34C=O)[C@@]1(O)CC[C@@H]2C1=CC(=O)OC1. The van der Waals surface area contributed by atoms with Crippen LogP contribution in [0.15, 0.2) is 11.6 Å². The molecule has 0 bridgehead atoms. The van der Waals surface area contributed by atoms with E-state index in [4.69, 9.17) is 14.2 Å². The van der Waals surface area contributed by atoms with Gasteiger partial charge < -0.3 is 44.5 Å². The summed E-state index contributed by atoms with van der Waals surface area (Å²) in [6, 6.07) is 0. The number of ether oxygens (including phenoxy) is 3. The van der Waals surface area contributed by atoms with Crippen LogP contribution in [0.4, 0.5) is 0 Å². The smallest absolute Gasteiger partial charge is 0.331 e. The van der Waals surface area contributed by atoms with Crippen molar-refractivity contribution in [2.45, 2.75) is 107 Å². The molecule has 2 heterocycles. The van der Waals surface area contributed by atoms with E-state index < -0.39 is 52.7 Å². The Morgan fingerprint density at radius 3 is 2.47 bits per heavy atom. The normalized spacial score (nSPS) is 54.4. The van der Waals surface area contributed by atoms with Crippen molar-refractivity contribution in [1.82, 2.24) is 0 Å². The molecule has 0 amide bonds. The van der Waals surface area contributed by atoms with Crippen LogP contribution in [0.1, 0.15) is 64.7 Å². The maximum atomic E-state index is 12.9. The zero-order valence-corrected chi connectivity index (χ0v) is 21.8. The Labute approximate surface area is 222 Å². The van der Waals surface area contributed by atoms with E-state index in [2.05, 4.69) is 6.92 Å². The van der Waals surface area contributed by atoms with Crippen molar-refractivity contribution in [3.05, 3.63) is 11.6 Å². The second-order valence-electron chi connectivity index (χ2n) is 13.0. The number of carbonyl (C=O) groups is 2. The molecule has 4 saturated carbocycles. The monoisotopic (exact) mass is 536 g/mol. The van der Waals surface area contributed by atoms with Crippen molar-refractivity contribution in [1.29, 1.82) is 0 Å². The third kappa shape index (κ3) is 3.57. The van der Waals surface area contributed by atoms with Crippen LogP contribution >= 0.6 is 0 Å². The second-order valence-corrected chi connectivity index (χ2v) is 13.0. The lowest BCUT2D eigenvalue weighted by atomic mass is 9.41. The minimum Gasteiger partial charge on any atom is -0.458 e. The van der Waals surface area contributed by atoms with Crippen LogP contribution in [0.2, 0.25) is 0 Å². The summed E-state index contributed by atoms with van der Waals surface area (Å²) in [6.07, 6.45) is 1.56. The van der Waals surface area contributed by atoms with Gasteiger partial charge in [-0.3, -0.25) is 0 Å². The number of rotatable bonds is 4. The number of hydrogen-bond donors (Lipinski definition) is 5. The third-order valence-corrected chi connectivity index (χ3v) is 11.6. The molecule has 0 aromatic heterocycles. The quantitative estimate of drug-likeness (QED) is 0.193. The molecule has 10 heteroatoms. The van der Waals surface area contributed by atoms with E-state index in [0.717, 1.165) is 18.3 Å². The highest BCUT2D eigenvalue weighted by Gasteiger charge is 2.71. The molecule has 0 unspecified atom stereocenters. The Kier molecular flexibility index (Phi) is 6.39. The zero-order valence-electron chi connectivity index (χ0n) is 21.8. The fraction of sp³-hybridized carbons (Fsp3) is 0.857. The van der Waals surface area contributed by atoms with E-state index in [1.54, 1.807) is 6.08 Å². The molecular formula is C28H40O10. The van der Waals surface area contributed by atoms with Crippen molar-refractivity contribution in [3.8, 4) is 0 Å². The highest BCUT2D eigenvalue weighted by Crippen LogP contribution is 2.70. The Bertz CT molecular complexity index is 1020. The molecule has 38 heavy (non-hydrogen) atoms. The number of esters is 1. The van der Waals surface area contributed by atoms with Gasteiger partial charge in [0.25, 0.3) is 0 Å². The van der Waals surface area contributed by atoms with E-state index in [0.29, 0.717) is 44.9 Å². The van der Waals surface area contributed by atoms with E-state index in [1.165, 1.54) is 0 Å². The predicted molar refractivity (Wildman–Crippen MR) is 130 cm³/mol. The fourth-order valence-electron chi connectivity index (χ4n) is 9.52. The van der Waals surface area contributed by atoms with Crippen molar-refractivity contribution in [3.63, 3.8) is 0 Å². The van der Waals surface area contributed by atoms with Crippen molar-refractivity contribution < 1.29 is 49.3 Å². The third-order valence-electron chi connectivity index (χ3n) is 11.6. The predicted octanol–water partition coefficient (Wildman–Crippen LogP) is 0.362. The maximum absolute atomic E-state index is 12.9. The van der Waals surface area contributed by atoms with Crippen LogP contribution in [0.5, 0.6) is 0 Å². The first kappa shape index (κ1) is 26.8. The molecule has 0 aromatic rings. The summed E-state index contributed by atoms with van der Waals surface area (Å²) in [5.41, 5.74) is -2.83. The number of aliphatic hydroxyl groups excluding tert-OH is 3. The van der Waals surface area contributed by atoms with Gasteiger partial charge >= 0.3 is 5.97 Å². The molecule has 4 aliphatic carbocycles. The van der Waals surface area contributed by atoms with Crippen LogP contribution in [0, 0.1) is 28.6 Å². The first-order valence-corrected chi connectivity index (χ1v) is 14.1. The van der Waals surface area contributed by atoms with Gasteiger partial charge in [0.15, 0.2) is 6.29 Å². The maximum Gasteiger partial charge on any atom is 0.331 e. The number of cyclic esters (lactones) is 1. The largest absolute Gasteiger partial charge is 0.458 e. The zero-order chi connectivity index (χ0) is 27.1. The van der Waals surface area contributed by atoms with Gasteiger partial charge in [0.1, 0.15) is 31.2 Å². The average molecular weight is 537 g/mol. The Morgan fingerprint density at radius 1 is 1.00 bits per heavy atom. The van der Waals surface area contributed by atoms with E-state index in [1.807, 2.05) is 0 Å². The number of aliphatic hydroxyl groups is 5. The van der Waals surface area contributed by atoms with Gasteiger partial charge in [-0.2, -0.15) is 0 Å². The summed E-state index contributed by atoms with van der Waals surface area (Å²) < 4.78 is 16.6. The second kappa shape index (κ2) is 9.06. The minimum absolute atomic E-state index is 0.0489. The van der Waals surface area contributed by atoms with Crippen molar-refractivity contribution in [2.24, 2.45) is 28.6 Å². The summed E-state index contributed by atoms with van der Waals surface area (Å²) in [5, 5.41) is 54.4. The fourth-order valence-corrected chi connectivity index (χ4v) is 9.52. The van der Waals surface area contributed by atoms with Gasteiger partial charge in [-0.15, -0.1) is 0 Å². The van der Waals surface area contributed by atoms with Gasteiger partial charge in [-0.05, 0) is 74.7 Å². The molecule has 5 fully saturated rings. The first-order chi connectivity index (χ1) is 18.0. The summed E-state index contributed by atoms with van der Waals surface area (Å²) in [5.74, 6) is -0.604. The lowest BCUT2D eigenvalue weighted by Gasteiger charge is -2.65. The summed E-state index contributed by atoms with van der Waals surface area (Å²) in [4.78, 5) is 24.7. The molecule has 5 N–H and O–H groups in total. The van der Waals surface area contributed by atoms with Crippen LogP contribution in [-0.2, 0) is 23.8 Å². The molecule has 0 aromatic carbocycles. The number of fused-ring (bicyclic) bond motifs is 5. The molecule has 10 nitrogen and oxygen atoms in total. The van der Waals surface area contributed by atoms with Crippen LogP contribution in [0.25, 0.3) is 0 Å². The molecule has 12 atom stereocenters. The lowest BCUT2D eigenvalue weighted by molar-refractivity contribution is -0.301. The van der Waals surface area contributed by atoms with Gasteiger partial charge in [-0.25, -0.2) is 4.79 Å². The van der Waals surface area contributed by atoms with E-state index >= 15 is 0 Å². The van der Waals surface area contributed by atoms with E-state index in [9.17, 15) is 35.1 Å². The standard InChI is InChI=1S/C28H40O10/c1-25-6-3-18-19(28(25,35)9-5-17(25)15-10-21(31)36-12-15)4-8-27(34)11-16(2-7-26(18,27)14-29)38-24-23(33)22(32)20(30)13-37-24/h10,14,16-20,22-24,30,32-35H,2-9,11-13H2,1H3/t16-,17+,18-,19+,20+,22+,23-,24-,25+,26-,27-,28-/m0/s1. The topological polar surface area (TPSA) is 163 Å². The molecule has 6 rings (SSSR count). The van der Waals surface area contributed by atoms with Gasteiger partial charge in [-0.1, -0.05) is 6.92 Å². The lowest BCUT2D eigenvalue weighted by Crippen LogP contribution is -2.69. The van der Waals surface area contributed by atoms with E-state index in [-0.39, 0.29) is 43.4 Å². The molecule has 0 spiro atoms. The number of carbonyl (C=O) groups excluding carboxylic acids is 2. The Morgan fingerprint density at radius 2 is 1.76 bits per heavy atom. The molecule has 0 radical (unpaired) electrons. The van der Waals surface area contributed by atoms with Crippen LogP contribution in [0.3, 0.4) is 0 Å². The first-order valence-electron chi connectivity index (χ1n) is 14.1. The molecule has 1 saturated heterocycles. The van der Waals surface area contributed by atoms with Gasteiger partial charge in [0.2, 0.25) is 0 Å². The van der Waals surface area contributed by atoms with Gasteiger partial charge in [0, 0.05) is 17.9 Å². The highest BCUT2D eigenvalue weighted by atomic mass is 16.7. The summed E-state index contributed by atoms with van der Waals surface area (Å²) >= 11 is 0. The van der Waals surface area contributed by atoms with Crippen molar-refractivity contribution >= 4 is 12.3 Å².